The molecule has 0 fully saturated rings. The Morgan fingerprint density at radius 1 is 0.833 bits per heavy atom. The highest BCUT2D eigenvalue weighted by molar-refractivity contribution is 7.53. The molecule has 3 heterocycles. The quantitative estimate of drug-likeness (QED) is 0.0588. The first kappa shape index (κ1) is 37.0. The summed E-state index contributed by atoms with van der Waals surface area (Å²) < 4.78 is 35.2. The highest BCUT2D eigenvalue weighted by Crippen LogP contribution is 2.52. The van der Waals surface area contributed by atoms with Gasteiger partial charge in [0.25, 0.3) is 5.91 Å². The van der Waals surface area contributed by atoms with Crippen molar-refractivity contribution < 1.29 is 27.9 Å². The van der Waals surface area contributed by atoms with Crippen molar-refractivity contribution in [3.8, 4) is 11.3 Å². The van der Waals surface area contributed by atoms with Gasteiger partial charge in [-0.15, -0.1) is 0 Å². The van der Waals surface area contributed by atoms with Crippen LogP contribution >= 0.6 is 7.60 Å². The lowest BCUT2D eigenvalue weighted by Gasteiger charge is -2.27. The number of nitrogens with zero attached hydrogens (tertiary/aromatic N) is 3. The Kier molecular flexibility index (Phi) is 11.8. The van der Waals surface area contributed by atoms with E-state index < -0.39 is 25.6 Å². The van der Waals surface area contributed by atoms with E-state index in [-0.39, 0.29) is 32.3 Å². The number of para-hydroxylation sites is 2. The first-order valence-corrected chi connectivity index (χ1v) is 20.1. The highest BCUT2D eigenvalue weighted by atomic mass is 31.2. The zero-order valence-electron chi connectivity index (χ0n) is 30.4. The van der Waals surface area contributed by atoms with E-state index in [4.69, 9.17) is 13.8 Å². The summed E-state index contributed by atoms with van der Waals surface area (Å²) in [5.74, 6) is -1.000. The van der Waals surface area contributed by atoms with Crippen molar-refractivity contribution in [1.82, 2.24) is 9.55 Å². The lowest BCUT2D eigenvalue weighted by molar-refractivity contribution is -0.144. The topological polar surface area (TPSA) is 100.0 Å². The molecular weight excluding hydrogens is 697 g/mol. The molecule has 54 heavy (non-hydrogen) atoms. The number of aromatic nitrogens is 2. The lowest BCUT2D eigenvalue weighted by Crippen LogP contribution is -2.42. The molecule has 0 saturated heterocycles. The number of unbranched alkanes of at least 4 members (excludes halogenated alkanes) is 1. The van der Waals surface area contributed by atoms with Crippen LogP contribution in [0.15, 0.2) is 134 Å². The monoisotopic (exact) mass is 741 g/mol. The Bertz CT molecular complexity index is 2240. The molecule has 9 nitrogen and oxygen atoms in total. The lowest BCUT2D eigenvalue weighted by atomic mass is 10.1. The van der Waals surface area contributed by atoms with Crippen LogP contribution in [-0.2, 0) is 54.1 Å². The predicted molar refractivity (Wildman–Crippen MR) is 211 cm³/mol. The van der Waals surface area contributed by atoms with Crippen LogP contribution in [0.4, 0.5) is 5.69 Å². The Balaban J connectivity index is 1.09. The van der Waals surface area contributed by atoms with E-state index in [9.17, 15) is 14.2 Å². The van der Waals surface area contributed by atoms with E-state index >= 15 is 0 Å². The van der Waals surface area contributed by atoms with Gasteiger partial charge in [0.05, 0.1) is 18.5 Å². The zero-order valence-corrected chi connectivity index (χ0v) is 31.3. The normalized spacial score (nSPS) is 15.4. The number of amides is 1. The third kappa shape index (κ3) is 8.71. The summed E-state index contributed by atoms with van der Waals surface area (Å²) in [6, 6.07) is 38.7. The van der Waals surface area contributed by atoms with E-state index in [0.29, 0.717) is 31.5 Å². The summed E-state index contributed by atoms with van der Waals surface area (Å²) in [5, 5.41) is 1.18. The van der Waals surface area contributed by atoms with Gasteiger partial charge in [-0.25, -0.2) is 0 Å². The van der Waals surface area contributed by atoms with Crippen LogP contribution in [0.1, 0.15) is 41.5 Å². The maximum Gasteiger partial charge on any atom is 0.331 e. The number of hydrogen-bond donors (Lipinski definition) is 0. The first-order chi connectivity index (χ1) is 26.4. The van der Waals surface area contributed by atoms with Gasteiger partial charge in [-0.3, -0.25) is 28.6 Å². The van der Waals surface area contributed by atoms with Gasteiger partial charge in [-0.2, -0.15) is 0 Å². The summed E-state index contributed by atoms with van der Waals surface area (Å²) >= 11 is 0. The second-order valence-corrected chi connectivity index (χ2v) is 15.7. The SMILES string of the molecule is Cc1c(-c2cccnc2)n(CCCCP(=O)(OCc2ccccc2)OC2CCc3ccccc3N(CC(=O)OCc3ccccc3)C2=O)c2ccccc12. The van der Waals surface area contributed by atoms with Crippen LogP contribution in [0.5, 0.6) is 0 Å². The minimum Gasteiger partial charge on any atom is -0.459 e. The Hall–Kier alpha value is -5.34. The van der Waals surface area contributed by atoms with Gasteiger partial charge in [0, 0.05) is 41.1 Å². The van der Waals surface area contributed by atoms with Crippen molar-refractivity contribution in [1.29, 1.82) is 0 Å². The summed E-state index contributed by atoms with van der Waals surface area (Å²) in [4.78, 5) is 33.2. The number of rotatable bonds is 15. The minimum absolute atomic E-state index is 0.0708. The van der Waals surface area contributed by atoms with Crippen LogP contribution in [-0.4, -0.2) is 40.2 Å². The van der Waals surface area contributed by atoms with Crippen molar-refractivity contribution in [3.63, 3.8) is 0 Å². The average molecular weight is 742 g/mol. The molecule has 2 atom stereocenters. The van der Waals surface area contributed by atoms with Gasteiger partial charge in [0.2, 0.25) is 0 Å². The molecule has 10 heteroatoms. The number of hydrogen-bond acceptors (Lipinski definition) is 7. The molecule has 276 valence electrons. The Morgan fingerprint density at radius 3 is 2.30 bits per heavy atom. The van der Waals surface area contributed by atoms with Gasteiger partial charge >= 0.3 is 13.6 Å². The van der Waals surface area contributed by atoms with E-state index in [1.54, 1.807) is 6.20 Å². The molecule has 2 aromatic heterocycles. The number of carbonyl (C=O) groups excluding carboxylic acids is 2. The number of carbonyl (C=O) groups is 2. The largest absolute Gasteiger partial charge is 0.459 e. The molecule has 0 bridgehead atoms. The van der Waals surface area contributed by atoms with Crippen molar-refractivity contribution in [2.75, 3.05) is 17.6 Å². The van der Waals surface area contributed by atoms with E-state index in [2.05, 4.69) is 34.7 Å². The molecule has 4 aromatic carbocycles. The van der Waals surface area contributed by atoms with Gasteiger partial charge in [0.15, 0.2) is 0 Å². The molecule has 0 saturated carbocycles. The molecule has 0 spiro atoms. The maximum atomic E-state index is 14.8. The summed E-state index contributed by atoms with van der Waals surface area (Å²) in [6.07, 6.45) is 4.69. The first-order valence-electron chi connectivity index (χ1n) is 18.4. The van der Waals surface area contributed by atoms with Crippen molar-refractivity contribution in [2.45, 2.75) is 58.5 Å². The molecule has 1 aliphatic heterocycles. The van der Waals surface area contributed by atoms with Gasteiger partial charge < -0.3 is 13.8 Å². The van der Waals surface area contributed by atoms with E-state index in [1.807, 2.05) is 109 Å². The van der Waals surface area contributed by atoms with Crippen molar-refractivity contribution in [2.24, 2.45) is 0 Å². The molecule has 0 radical (unpaired) electrons. The third-order valence-corrected chi connectivity index (χ3v) is 11.8. The number of esters is 1. The molecule has 1 aliphatic rings. The predicted octanol–water partition coefficient (Wildman–Crippen LogP) is 9.31. The molecule has 0 aliphatic carbocycles. The second-order valence-electron chi connectivity index (χ2n) is 13.5. The maximum absolute atomic E-state index is 14.8. The minimum atomic E-state index is -3.84. The Morgan fingerprint density at radius 2 is 1.54 bits per heavy atom. The van der Waals surface area contributed by atoms with Crippen molar-refractivity contribution >= 4 is 36.1 Å². The summed E-state index contributed by atoms with van der Waals surface area (Å²) in [6.45, 7) is 2.67. The number of benzene rings is 4. The zero-order chi connectivity index (χ0) is 37.3. The van der Waals surface area contributed by atoms with Crippen LogP contribution in [0.3, 0.4) is 0 Å². The standard InChI is InChI=1S/C44H44N3O6P/c1-33-38-21-9-11-23-40(38)46(43(33)37-20-14-26-45-29-37)27-12-13-28-54(50,52-32-35-17-6-3-7-18-35)53-41-25-24-36-19-8-10-22-39(36)47(44(41)49)30-42(48)51-31-34-15-4-2-5-16-34/h2-11,14-23,26,29,41H,12-13,24-25,27-28,30-32H2,1H3. The summed E-state index contributed by atoms with van der Waals surface area (Å²) in [5.41, 5.74) is 7.65. The molecule has 2 unspecified atom stereocenters. The molecular formula is C44H44N3O6P. The van der Waals surface area contributed by atoms with Crippen molar-refractivity contribution in [3.05, 3.63) is 156 Å². The fourth-order valence-electron chi connectivity index (χ4n) is 7.11. The smallest absolute Gasteiger partial charge is 0.331 e. The number of pyridine rings is 1. The molecule has 7 rings (SSSR count). The average Bonchev–Trinajstić information content (AvgIpc) is 3.43. The number of anilines is 1. The van der Waals surface area contributed by atoms with Gasteiger partial charge in [0.1, 0.15) is 19.3 Å². The van der Waals surface area contributed by atoms with Crippen LogP contribution in [0, 0.1) is 6.92 Å². The van der Waals surface area contributed by atoms with Crippen LogP contribution in [0.2, 0.25) is 0 Å². The second kappa shape index (κ2) is 17.2. The van der Waals surface area contributed by atoms with Gasteiger partial charge in [-0.05, 0) is 79.1 Å². The number of ether oxygens (including phenoxy) is 1. The molecule has 6 aromatic rings. The number of aryl methyl sites for hydroxylation is 3. The van der Waals surface area contributed by atoms with E-state index in [1.165, 1.54) is 15.8 Å². The molecule has 1 amide bonds. The third-order valence-electron chi connectivity index (χ3n) is 9.81. The Labute approximate surface area is 316 Å². The van der Waals surface area contributed by atoms with Crippen LogP contribution in [0.25, 0.3) is 22.2 Å². The fraction of sp³-hybridized carbons (Fsp3) is 0.250. The highest BCUT2D eigenvalue weighted by Gasteiger charge is 2.38. The fourth-order valence-corrected chi connectivity index (χ4v) is 8.95. The number of fused-ring (bicyclic) bond motifs is 2. The summed E-state index contributed by atoms with van der Waals surface area (Å²) in [7, 11) is -3.84. The van der Waals surface area contributed by atoms with E-state index in [0.717, 1.165) is 33.5 Å². The van der Waals surface area contributed by atoms with Crippen LogP contribution < -0.4 is 4.90 Å². The molecule has 0 N–H and O–H groups in total. The van der Waals surface area contributed by atoms with Gasteiger partial charge in [-0.1, -0.05) is 97.1 Å².